The van der Waals surface area contributed by atoms with E-state index in [1.165, 1.54) is 10.5 Å². The van der Waals surface area contributed by atoms with Gasteiger partial charge in [-0.1, -0.05) is 6.92 Å². The Balaban J connectivity index is 2.11. The van der Waals surface area contributed by atoms with Crippen molar-refractivity contribution in [3.63, 3.8) is 0 Å². The van der Waals surface area contributed by atoms with Crippen molar-refractivity contribution in [1.82, 2.24) is 14.5 Å². The molecule has 1 aliphatic rings. The third-order valence-electron chi connectivity index (χ3n) is 2.86. The number of anilines is 2. The van der Waals surface area contributed by atoms with Gasteiger partial charge in [-0.25, -0.2) is 0 Å². The number of nitrogens with zero attached hydrogens (tertiary/aromatic N) is 2. The summed E-state index contributed by atoms with van der Waals surface area (Å²) >= 11 is 0. The van der Waals surface area contributed by atoms with Crippen LogP contribution >= 0.6 is 0 Å². The maximum atomic E-state index is 12.1. The molecule has 1 unspecified atom stereocenters. The molecule has 0 aromatic carbocycles. The number of hydrogen-bond acceptors (Lipinski definition) is 4. The Hall–Kier alpha value is -1.28. The summed E-state index contributed by atoms with van der Waals surface area (Å²) < 4.78 is 28.0. The number of H-pyrrole nitrogens is 1. The van der Waals surface area contributed by atoms with Gasteiger partial charge in [-0.15, -0.1) is 0 Å². The van der Waals surface area contributed by atoms with Crippen LogP contribution in [0.15, 0.2) is 6.20 Å². The molecule has 17 heavy (non-hydrogen) atoms. The van der Waals surface area contributed by atoms with E-state index < -0.39 is 10.2 Å². The number of nitrogens with two attached hydrogens (primary N) is 1. The van der Waals surface area contributed by atoms with Crippen LogP contribution in [0.5, 0.6) is 0 Å². The first kappa shape index (κ1) is 12.2. The SMILES string of the molecule is CC1CCCN(S(=O)(=O)Nc2[nH]ncc2N)C1. The zero-order chi connectivity index (χ0) is 12.5. The van der Waals surface area contributed by atoms with Crippen LogP contribution in [0, 0.1) is 5.92 Å². The molecule has 0 saturated carbocycles. The summed E-state index contributed by atoms with van der Waals surface area (Å²) in [4.78, 5) is 0. The monoisotopic (exact) mass is 259 g/mol. The third-order valence-corrected chi connectivity index (χ3v) is 4.33. The average molecular weight is 259 g/mol. The predicted octanol–water partition coefficient (Wildman–Crippen LogP) is 0.381. The van der Waals surface area contributed by atoms with E-state index in [-0.39, 0.29) is 5.82 Å². The van der Waals surface area contributed by atoms with Gasteiger partial charge in [-0.2, -0.15) is 17.8 Å². The molecule has 1 aromatic heterocycles. The summed E-state index contributed by atoms with van der Waals surface area (Å²) in [6.45, 7) is 3.14. The Kier molecular flexibility index (Phi) is 3.25. The van der Waals surface area contributed by atoms with Gasteiger partial charge in [-0.3, -0.25) is 9.82 Å². The Morgan fingerprint density at radius 1 is 1.65 bits per heavy atom. The van der Waals surface area contributed by atoms with Gasteiger partial charge in [0.2, 0.25) is 0 Å². The second kappa shape index (κ2) is 4.53. The van der Waals surface area contributed by atoms with Crippen LogP contribution in [-0.4, -0.2) is 36.0 Å². The molecule has 8 heteroatoms. The van der Waals surface area contributed by atoms with Crippen molar-refractivity contribution in [3.8, 4) is 0 Å². The molecule has 2 heterocycles. The first-order valence-electron chi connectivity index (χ1n) is 5.56. The fourth-order valence-electron chi connectivity index (χ4n) is 1.94. The lowest BCUT2D eigenvalue weighted by Gasteiger charge is -2.29. The van der Waals surface area contributed by atoms with Crippen molar-refractivity contribution in [1.29, 1.82) is 0 Å². The first-order valence-corrected chi connectivity index (χ1v) is 7.00. The second-order valence-electron chi connectivity index (χ2n) is 4.41. The lowest BCUT2D eigenvalue weighted by atomic mass is 10.0. The Morgan fingerprint density at radius 3 is 3.00 bits per heavy atom. The Morgan fingerprint density at radius 2 is 2.41 bits per heavy atom. The van der Waals surface area contributed by atoms with Gasteiger partial charge >= 0.3 is 10.2 Å². The molecule has 1 saturated heterocycles. The minimum Gasteiger partial charge on any atom is -0.394 e. The molecule has 0 amide bonds. The standard InChI is InChI=1S/C9H17N5O2S/c1-7-3-2-4-14(6-7)17(15,16)13-9-8(10)5-11-12-9/h5,7H,2-4,6,10H2,1H3,(H2,11,12,13). The highest BCUT2D eigenvalue weighted by Gasteiger charge is 2.27. The first-order chi connectivity index (χ1) is 7.99. The summed E-state index contributed by atoms with van der Waals surface area (Å²) in [7, 11) is -3.53. The summed E-state index contributed by atoms with van der Waals surface area (Å²) in [5.74, 6) is 0.614. The van der Waals surface area contributed by atoms with Crippen LogP contribution in [0.1, 0.15) is 19.8 Å². The normalized spacial score (nSPS) is 22.5. The van der Waals surface area contributed by atoms with E-state index in [2.05, 4.69) is 14.9 Å². The molecule has 7 nitrogen and oxygen atoms in total. The zero-order valence-electron chi connectivity index (χ0n) is 9.68. The number of piperidine rings is 1. The highest BCUT2D eigenvalue weighted by molar-refractivity contribution is 7.90. The van der Waals surface area contributed by atoms with E-state index in [0.29, 0.717) is 24.7 Å². The Bertz CT molecular complexity index is 483. The molecule has 0 spiro atoms. The van der Waals surface area contributed by atoms with E-state index in [9.17, 15) is 8.42 Å². The van der Waals surface area contributed by atoms with E-state index in [4.69, 9.17) is 5.73 Å². The highest BCUT2D eigenvalue weighted by Crippen LogP contribution is 2.21. The van der Waals surface area contributed by atoms with Crippen LogP contribution in [0.3, 0.4) is 0 Å². The zero-order valence-corrected chi connectivity index (χ0v) is 10.5. The van der Waals surface area contributed by atoms with E-state index in [1.54, 1.807) is 0 Å². The summed E-state index contributed by atoms with van der Waals surface area (Å²) in [6.07, 6.45) is 3.33. The van der Waals surface area contributed by atoms with Crippen molar-refractivity contribution in [2.75, 3.05) is 23.5 Å². The fraction of sp³-hybridized carbons (Fsp3) is 0.667. The molecule has 96 valence electrons. The van der Waals surface area contributed by atoms with Gasteiger partial charge in [0.25, 0.3) is 0 Å². The van der Waals surface area contributed by atoms with Crippen LogP contribution in [0.2, 0.25) is 0 Å². The van der Waals surface area contributed by atoms with E-state index >= 15 is 0 Å². The van der Waals surface area contributed by atoms with Crippen LogP contribution in [0.25, 0.3) is 0 Å². The summed E-state index contributed by atoms with van der Waals surface area (Å²) in [6, 6.07) is 0. The highest BCUT2D eigenvalue weighted by atomic mass is 32.2. The van der Waals surface area contributed by atoms with Gasteiger partial charge in [-0.05, 0) is 18.8 Å². The molecule has 1 atom stereocenters. The molecule has 0 aliphatic carbocycles. The molecule has 4 N–H and O–H groups in total. The quantitative estimate of drug-likeness (QED) is 0.730. The summed E-state index contributed by atoms with van der Waals surface area (Å²) in [5, 5.41) is 6.19. The van der Waals surface area contributed by atoms with Crippen LogP contribution in [-0.2, 0) is 10.2 Å². The van der Waals surface area contributed by atoms with Gasteiger partial charge < -0.3 is 5.73 Å². The van der Waals surface area contributed by atoms with Crippen molar-refractivity contribution >= 4 is 21.7 Å². The molecule has 1 aliphatic heterocycles. The number of aromatic nitrogens is 2. The topological polar surface area (TPSA) is 104 Å². The number of nitrogens with one attached hydrogen (secondary N) is 2. The van der Waals surface area contributed by atoms with Crippen LogP contribution in [0.4, 0.5) is 11.5 Å². The minimum absolute atomic E-state index is 0.225. The van der Waals surface area contributed by atoms with Gasteiger partial charge in [0.15, 0.2) is 5.82 Å². The maximum absolute atomic E-state index is 12.1. The molecule has 0 radical (unpaired) electrons. The van der Waals surface area contributed by atoms with Gasteiger partial charge in [0.1, 0.15) is 0 Å². The van der Waals surface area contributed by atoms with Gasteiger partial charge in [0.05, 0.1) is 11.9 Å². The molecule has 2 rings (SSSR count). The predicted molar refractivity (Wildman–Crippen MR) is 65.5 cm³/mol. The van der Waals surface area contributed by atoms with Crippen LogP contribution < -0.4 is 10.5 Å². The minimum atomic E-state index is -3.53. The smallest absolute Gasteiger partial charge is 0.302 e. The van der Waals surface area contributed by atoms with Crippen molar-refractivity contribution in [2.45, 2.75) is 19.8 Å². The summed E-state index contributed by atoms with van der Waals surface area (Å²) in [5.41, 5.74) is 5.86. The third kappa shape index (κ3) is 2.70. The number of hydrogen-bond donors (Lipinski definition) is 3. The van der Waals surface area contributed by atoms with Crippen molar-refractivity contribution in [2.24, 2.45) is 5.92 Å². The second-order valence-corrected chi connectivity index (χ2v) is 6.08. The number of nitrogen functional groups attached to an aromatic ring is 1. The fourth-order valence-corrected chi connectivity index (χ4v) is 3.31. The molecule has 1 fully saturated rings. The average Bonchev–Trinajstić information content (AvgIpc) is 2.64. The van der Waals surface area contributed by atoms with Gasteiger partial charge in [0, 0.05) is 13.1 Å². The molecular weight excluding hydrogens is 242 g/mol. The van der Waals surface area contributed by atoms with E-state index in [1.807, 2.05) is 6.92 Å². The number of rotatable bonds is 3. The van der Waals surface area contributed by atoms with Crippen molar-refractivity contribution in [3.05, 3.63) is 6.20 Å². The lowest BCUT2D eigenvalue weighted by Crippen LogP contribution is -2.42. The maximum Gasteiger partial charge on any atom is 0.302 e. The van der Waals surface area contributed by atoms with Crippen molar-refractivity contribution < 1.29 is 8.42 Å². The number of aromatic amines is 1. The molecular formula is C9H17N5O2S. The largest absolute Gasteiger partial charge is 0.394 e. The molecule has 1 aromatic rings. The Labute approximate surface area is 101 Å². The lowest BCUT2D eigenvalue weighted by molar-refractivity contribution is 0.282. The molecule has 0 bridgehead atoms. The van der Waals surface area contributed by atoms with E-state index in [0.717, 1.165) is 12.8 Å².